The molecule has 4 amide bonds. The zero-order valence-electron chi connectivity index (χ0n) is 17.1. The highest BCUT2D eigenvalue weighted by Gasteiger charge is 2.52. The van der Waals surface area contributed by atoms with Crippen molar-refractivity contribution >= 4 is 58.9 Å². The van der Waals surface area contributed by atoms with E-state index in [0.717, 1.165) is 10.8 Å². The molecule has 1 saturated heterocycles. The predicted molar refractivity (Wildman–Crippen MR) is 132 cm³/mol. The van der Waals surface area contributed by atoms with Gasteiger partial charge < -0.3 is 10.1 Å². The van der Waals surface area contributed by atoms with Crippen LogP contribution in [0.25, 0.3) is 0 Å². The van der Waals surface area contributed by atoms with Gasteiger partial charge in [-0.2, -0.15) is 0 Å². The highest BCUT2D eigenvalue weighted by molar-refractivity contribution is 14.1. The van der Waals surface area contributed by atoms with Crippen LogP contribution in [0.2, 0.25) is 6.82 Å². The fourth-order valence-corrected chi connectivity index (χ4v) is 3.79. The van der Waals surface area contributed by atoms with Gasteiger partial charge in [0.05, 0.1) is 0 Å². The average molecular weight is 539 g/mol. The molecule has 0 spiro atoms. The molecule has 1 heterocycles. The van der Waals surface area contributed by atoms with Gasteiger partial charge in [0.15, 0.2) is 7.28 Å². The van der Waals surface area contributed by atoms with Crippen molar-refractivity contribution < 1.29 is 19.1 Å². The third-order valence-electron chi connectivity index (χ3n) is 5.17. The summed E-state index contributed by atoms with van der Waals surface area (Å²) in [5, 5.41) is 7.40. The summed E-state index contributed by atoms with van der Waals surface area (Å²) in [6, 6.07) is 20.8. The number of amides is 4. The maximum atomic E-state index is 13.0. The third-order valence-corrected chi connectivity index (χ3v) is 5.89. The van der Waals surface area contributed by atoms with E-state index >= 15 is 0 Å². The van der Waals surface area contributed by atoms with Crippen LogP contribution in [0.4, 0.5) is 10.5 Å². The van der Waals surface area contributed by atoms with Gasteiger partial charge >= 0.3 is 6.03 Å². The minimum absolute atomic E-state index is 0.368. The molecule has 3 N–H and O–H groups in total. The van der Waals surface area contributed by atoms with Gasteiger partial charge in [0.1, 0.15) is 11.5 Å². The van der Waals surface area contributed by atoms with E-state index in [0.29, 0.717) is 22.7 Å². The molecular weight excluding hydrogens is 520 g/mol. The molecule has 0 atom stereocenters. The molecule has 4 rings (SSSR count). The van der Waals surface area contributed by atoms with Gasteiger partial charge in [0, 0.05) is 9.26 Å². The Morgan fingerprint density at radius 2 is 1.34 bits per heavy atom. The number of carbonyl (C=O) groups excluding carboxylic acids is 3. The van der Waals surface area contributed by atoms with E-state index < -0.39 is 23.4 Å². The van der Waals surface area contributed by atoms with E-state index in [4.69, 9.17) is 4.74 Å². The lowest BCUT2D eigenvalue weighted by Gasteiger charge is -2.35. The second-order valence-corrected chi connectivity index (χ2v) is 8.49. The molecule has 0 saturated carbocycles. The minimum atomic E-state index is -1.82. The lowest BCUT2D eigenvalue weighted by atomic mass is 9.73. The summed E-state index contributed by atoms with van der Waals surface area (Å²) in [6.45, 7) is 2.08. The summed E-state index contributed by atoms with van der Waals surface area (Å²) < 4.78 is 6.88. The number of hydrogen-bond donors (Lipinski definition) is 3. The van der Waals surface area contributed by atoms with Crippen LogP contribution >= 0.6 is 22.6 Å². The van der Waals surface area contributed by atoms with E-state index in [1.54, 1.807) is 36.4 Å². The lowest BCUT2D eigenvalue weighted by Crippen LogP contribution is -2.67. The van der Waals surface area contributed by atoms with Crippen LogP contribution in [0.1, 0.15) is 5.56 Å². The van der Waals surface area contributed by atoms with E-state index in [1.807, 2.05) is 36.4 Å². The van der Waals surface area contributed by atoms with Crippen molar-refractivity contribution in [2.24, 2.45) is 0 Å². The normalized spacial score (nSPS) is 14.9. The number of anilines is 1. The lowest BCUT2D eigenvalue weighted by molar-refractivity contribution is -0.137. The number of halogens is 1. The summed E-state index contributed by atoms with van der Waals surface area (Å²) in [5.74, 6) is -0.280. The Kier molecular flexibility index (Phi) is 6.18. The molecule has 7 nitrogen and oxygen atoms in total. The van der Waals surface area contributed by atoms with Crippen molar-refractivity contribution in [2.75, 3.05) is 5.32 Å². The Bertz CT molecular complexity index is 1150. The van der Waals surface area contributed by atoms with Crippen molar-refractivity contribution in [1.29, 1.82) is 0 Å². The molecule has 9 heteroatoms. The summed E-state index contributed by atoms with van der Waals surface area (Å²) in [6.07, 6.45) is 0. The summed E-state index contributed by atoms with van der Waals surface area (Å²) in [4.78, 5) is 37.6. The summed E-state index contributed by atoms with van der Waals surface area (Å²) in [5.41, 5.74) is 0.316. The second-order valence-electron chi connectivity index (χ2n) is 7.24. The fourth-order valence-electron chi connectivity index (χ4n) is 3.43. The monoisotopic (exact) mass is 539 g/mol. The van der Waals surface area contributed by atoms with Gasteiger partial charge in [-0.1, -0.05) is 36.6 Å². The molecule has 0 unspecified atom stereocenters. The first-order chi connectivity index (χ1) is 15.4. The maximum Gasteiger partial charge on any atom is 0.328 e. The van der Waals surface area contributed by atoms with Crippen LogP contribution in [0.3, 0.4) is 0 Å². The predicted octanol–water partition coefficient (Wildman–Crippen LogP) is 2.87. The van der Waals surface area contributed by atoms with Crippen LogP contribution in [-0.2, 0) is 15.1 Å². The van der Waals surface area contributed by atoms with Crippen molar-refractivity contribution in [3.8, 4) is 11.5 Å². The zero-order valence-corrected chi connectivity index (χ0v) is 19.3. The SMILES string of the molecule is CBc1ccc(Oc2ccc(C3(Nc4ccc(I)cc4)C(=O)NC(=O)NC3=O)cc2)cc1. The first-order valence-electron chi connectivity index (χ1n) is 9.98. The summed E-state index contributed by atoms with van der Waals surface area (Å²) >= 11 is 2.16. The standard InChI is InChI=1S/C23H19BIN3O4/c1-24-15-4-12-19(13-5-15)32-18-10-2-14(3-11-18)23(20(29)26-22(31)27-21(23)30)28-17-8-6-16(25)7-9-17/h2-13,24,28H,1H3,(H2,26,27,29,30,31). The van der Waals surface area contributed by atoms with Crippen LogP contribution in [0.15, 0.2) is 72.8 Å². The molecule has 0 aromatic heterocycles. The third kappa shape index (κ3) is 4.33. The fraction of sp³-hybridized carbons (Fsp3) is 0.0870. The Morgan fingerprint density at radius 3 is 1.88 bits per heavy atom. The van der Waals surface area contributed by atoms with E-state index in [9.17, 15) is 14.4 Å². The van der Waals surface area contributed by atoms with Gasteiger partial charge in [-0.05, 0) is 76.7 Å². The van der Waals surface area contributed by atoms with Crippen LogP contribution in [-0.4, -0.2) is 25.1 Å². The van der Waals surface area contributed by atoms with Gasteiger partial charge in [-0.25, -0.2) is 4.79 Å². The van der Waals surface area contributed by atoms with Gasteiger partial charge in [-0.3, -0.25) is 20.2 Å². The Labute approximate surface area is 199 Å². The number of ether oxygens (including phenoxy) is 1. The average Bonchev–Trinajstić information content (AvgIpc) is 2.79. The number of carbonyl (C=O) groups is 3. The molecule has 3 aromatic carbocycles. The number of benzene rings is 3. The first-order valence-corrected chi connectivity index (χ1v) is 11.1. The highest BCUT2D eigenvalue weighted by Crippen LogP contribution is 2.31. The quantitative estimate of drug-likeness (QED) is 0.255. The molecule has 160 valence electrons. The van der Waals surface area contributed by atoms with Gasteiger partial charge in [0.2, 0.25) is 5.54 Å². The molecule has 0 bridgehead atoms. The topological polar surface area (TPSA) is 96.5 Å². The van der Waals surface area contributed by atoms with Gasteiger partial charge in [0.25, 0.3) is 11.8 Å². The van der Waals surface area contributed by atoms with Crippen molar-refractivity contribution in [1.82, 2.24) is 10.6 Å². The van der Waals surface area contributed by atoms with Gasteiger partial charge in [-0.15, -0.1) is 0 Å². The number of barbiturate groups is 1. The molecule has 0 aliphatic carbocycles. The number of nitrogens with one attached hydrogen (secondary N) is 3. The second kappa shape index (κ2) is 9.03. The maximum absolute atomic E-state index is 13.0. The largest absolute Gasteiger partial charge is 0.457 e. The van der Waals surface area contributed by atoms with Crippen LogP contribution < -0.4 is 26.2 Å². The summed E-state index contributed by atoms with van der Waals surface area (Å²) in [7, 11) is 0.942. The number of hydrogen-bond acceptors (Lipinski definition) is 5. The number of urea groups is 1. The molecule has 0 radical (unpaired) electrons. The Morgan fingerprint density at radius 1 is 0.812 bits per heavy atom. The Hall–Kier alpha value is -3.34. The van der Waals surface area contributed by atoms with E-state index in [2.05, 4.69) is 45.4 Å². The van der Waals surface area contributed by atoms with Crippen molar-refractivity contribution in [2.45, 2.75) is 12.4 Å². The number of imide groups is 2. The Balaban J connectivity index is 1.66. The molecule has 32 heavy (non-hydrogen) atoms. The van der Waals surface area contributed by atoms with Crippen molar-refractivity contribution in [3.63, 3.8) is 0 Å². The minimum Gasteiger partial charge on any atom is -0.457 e. The van der Waals surface area contributed by atoms with E-state index in [-0.39, 0.29) is 0 Å². The molecule has 1 aliphatic rings. The molecule has 1 aliphatic heterocycles. The highest BCUT2D eigenvalue weighted by atomic mass is 127. The number of rotatable bonds is 6. The molecule has 3 aromatic rings. The van der Waals surface area contributed by atoms with Crippen LogP contribution in [0, 0.1) is 3.57 Å². The smallest absolute Gasteiger partial charge is 0.328 e. The molecule has 1 fully saturated rings. The van der Waals surface area contributed by atoms with Crippen molar-refractivity contribution in [3.05, 3.63) is 81.9 Å². The zero-order chi connectivity index (χ0) is 22.7. The first kappa shape index (κ1) is 21.9. The molecular formula is C23H19BIN3O4. The van der Waals surface area contributed by atoms with Crippen LogP contribution in [0.5, 0.6) is 11.5 Å². The van der Waals surface area contributed by atoms with E-state index in [1.165, 1.54) is 5.46 Å².